The van der Waals surface area contributed by atoms with E-state index in [2.05, 4.69) is 45.7 Å². The molecule has 0 spiro atoms. The predicted molar refractivity (Wildman–Crippen MR) is 186 cm³/mol. The third-order valence-corrected chi connectivity index (χ3v) is 6.72. The third-order valence-electron chi connectivity index (χ3n) is 6.72. The van der Waals surface area contributed by atoms with Gasteiger partial charge in [0.2, 0.25) is 18.6 Å². The van der Waals surface area contributed by atoms with E-state index in [4.69, 9.17) is 23.9 Å². The van der Waals surface area contributed by atoms with E-state index in [1.165, 1.54) is 25.5 Å². The lowest BCUT2D eigenvalue weighted by Gasteiger charge is -2.19. The van der Waals surface area contributed by atoms with Crippen LogP contribution in [-0.2, 0) is 43.1 Å². The van der Waals surface area contributed by atoms with Crippen LogP contribution in [0.15, 0.2) is 39.3 Å². The normalized spacial score (nSPS) is 11.4. The Morgan fingerprint density at radius 3 is 2.10 bits per heavy atom. The highest BCUT2D eigenvalue weighted by molar-refractivity contribution is 5.87. The fourth-order valence-electron chi connectivity index (χ4n) is 3.94. The van der Waals surface area contributed by atoms with Gasteiger partial charge in [0.1, 0.15) is 19.9 Å². The number of carbonyl (C=O) groups is 3. The number of ether oxygens (including phenoxy) is 3. The first kappa shape index (κ1) is 45.8. The van der Waals surface area contributed by atoms with Crippen molar-refractivity contribution in [3.8, 4) is 0 Å². The smallest absolute Gasteiger partial charge is 0.407 e. The van der Waals surface area contributed by atoms with E-state index in [-0.39, 0.29) is 31.1 Å². The Labute approximate surface area is 295 Å². The molecule has 0 bridgehead atoms. The van der Waals surface area contributed by atoms with Crippen LogP contribution in [0.3, 0.4) is 0 Å². The highest BCUT2D eigenvalue weighted by atomic mass is 16.9. The average molecular weight is 709 g/mol. The van der Waals surface area contributed by atoms with Crippen LogP contribution in [0, 0.1) is 0 Å². The molecule has 0 aromatic carbocycles. The standard InChI is InChI=1S/C34H56N6O10/c1-6-7-12-17-31(38-25-42)39-27-49-40(48-26-36-19-14-9-8-13-18-35-24-41)21-16-11-10-15-20-37-34(45)50-30(22-46-32(43)28(2)3)23-47-33(44)29(4)5/h27,30-31,36H,2,4,6-23,26H2,1,3,5H3,(H,37,45). The van der Waals surface area contributed by atoms with E-state index in [1.807, 2.05) is 0 Å². The summed E-state index contributed by atoms with van der Waals surface area (Å²) in [6.07, 6.45) is 12.2. The van der Waals surface area contributed by atoms with Crippen LogP contribution in [0.1, 0.15) is 97.8 Å². The molecule has 0 rings (SSSR count). The second kappa shape index (κ2) is 32.0. The first-order valence-electron chi connectivity index (χ1n) is 17.1. The van der Waals surface area contributed by atoms with E-state index in [0.29, 0.717) is 38.9 Å². The molecular weight excluding hydrogens is 652 g/mol. The Morgan fingerprint density at radius 1 is 0.840 bits per heavy atom. The molecule has 0 aliphatic heterocycles. The number of alkyl carbamates (subject to hydrolysis) is 1. The van der Waals surface area contributed by atoms with Gasteiger partial charge in [-0.15, -0.1) is 0 Å². The lowest BCUT2D eigenvalue weighted by Crippen LogP contribution is -2.35. The van der Waals surface area contributed by atoms with Gasteiger partial charge in [-0.2, -0.15) is 4.99 Å². The van der Waals surface area contributed by atoms with Crippen LogP contribution >= 0.6 is 0 Å². The molecule has 1 atom stereocenters. The summed E-state index contributed by atoms with van der Waals surface area (Å²) in [7, 11) is 0. The number of rotatable bonds is 32. The van der Waals surface area contributed by atoms with Crippen molar-refractivity contribution < 1.29 is 47.9 Å². The summed E-state index contributed by atoms with van der Waals surface area (Å²) < 4.78 is 15.4. The summed E-state index contributed by atoms with van der Waals surface area (Å²) >= 11 is 0. The van der Waals surface area contributed by atoms with Gasteiger partial charge in [-0.25, -0.2) is 38.8 Å². The highest BCUT2D eigenvalue weighted by Gasteiger charge is 2.20. The van der Waals surface area contributed by atoms with Crippen LogP contribution in [0.4, 0.5) is 4.79 Å². The Morgan fingerprint density at radius 2 is 1.48 bits per heavy atom. The van der Waals surface area contributed by atoms with Gasteiger partial charge in [0.25, 0.3) is 0 Å². The number of unbranched alkanes of at least 4 members (excludes halogenated alkanes) is 8. The number of nitrogens with one attached hydrogen (secondary N) is 2. The van der Waals surface area contributed by atoms with E-state index < -0.39 is 30.3 Å². The predicted octanol–water partition coefficient (Wildman–Crippen LogP) is 4.76. The monoisotopic (exact) mass is 708 g/mol. The number of carbonyl (C=O) groups excluding carboxylic acids is 5. The maximum atomic E-state index is 12.3. The molecule has 282 valence electrons. The molecule has 0 heterocycles. The van der Waals surface area contributed by atoms with Crippen molar-refractivity contribution in [2.24, 2.45) is 15.0 Å². The summed E-state index contributed by atoms with van der Waals surface area (Å²) in [5, 5.41) is 7.16. The number of nitrogens with zero attached hydrogens (tertiary/aromatic N) is 4. The number of hydrogen-bond donors (Lipinski definition) is 2. The van der Waals surface area contributed by atoms with Crippen molar-refractivity contribution in [1.29, 1.82) is 0 Å². The molecule has 50 heavy (non-hydrogen) atoms. The second-order valence-corrected chi connectivity index (χ2v) is 11.4. The van der Waals surface area contributed by atoms with Crippen LogP contribution in [0.25, 0.3) is 0 Å². The molecule has 0 aromatic heterocycles. The van der Waals surface area contributed by atoms with Gasteiger partial charge in [-0.3, -0.25) is 5.32 Å². The summed E-state index contributed by atoms with van der Waals surface area (Å²) in [6.45, 7) is 13.6. The van der Waals surface area contributed by atoms with Gasteiger partial charge < -0.3 is 24.4 Å². The van der Waals surface area contributed by atoms with Crippen molar-refractivity contribution in [2.75, 3.05) is 46.1 Å². The van der Waals surface area contributed by atoms with Crippen LogP contribution in [0.2, 0.25) is 0 Å². The fraction of sp³-hybridized carbons (Fsp3) is 0.706. The molecule has 1 amide bonds. The maximum Gasteiger partial charge on any atom is 0.407 e. The van der Waals surface area contributed by atoms with Crippen LogP contribution in [-0.4, -0.2) is 100 Å². The minimum absolute atomic E-state index is 0.177. The van der Waals surface area contributed by atoms with Crippen molar-refractivity contribution in [3.05, 3.63) is 24.3 Å². The minimum atomic E-state index is -1.02. The summed E-state index contributed by atoms with van der Waals surface area (Å²) in [5.41, 5.74) is 0.354. The SMILES string of the molecule is C=C(C)C(=O)OCC(COC(=O)C(=C)C)OC(=O)NCCCCCCN(OC=NC(CCCCC)N=C=O)OCNCCCCCCN=C=O. The van der Waals surface area contributed by atoms with E-state index in [1.54, 1.807) is 12.2 Å². The molecule has 0 aliphatic carbocycles. The number of esters is 2. The summed E-state index contributed by atoms with van der Waals surface area (Å²) in [4.78, 5) is 79.6. The number of aliphatic imine (C=N–C) groups is 3. The molecule has 0 radical (unpaired) electrons. The largest absolute Gasteiger partial charge is 0.458 e. The Hall–Kier alpha value is -4.20. The van der Waals surface area contributed by atoms with Crippen molar-refractivity contribution in [1.82, 2.24) is 15.9 Å². The molecule has 2 N–H and O–H groups in total. The topological polar surface area (TPSA) is 196 Å². The maximum absolute atomic E-state index is 12.3. The van der Waals surface area contributed by atoms with E-state index in [0.717, 1.165) is 64.3 Å². The van der Waals surface area contributed by atoms with Crippen LogP contribution in [0.5, 0.6) is 0 Å². The van der Waals surface area contributed by atoms with Crippen molar-refractivity contribution in [3.63, 3.8) is 0 Å². The summed E-state index contributed by atoms with van der Waals surface area (Å²) in [5.74, 6) is -1.32. The third kappa shape index (κ3) is 27.7. The van der Waals surface area contributed by atoms with Crippen molar-refractivity contribution >= 4 is 36.6 Å². The molecule has 1 unspecified atom stereocenters. The molecule has 0 saturated carbocycles. The molecule has 0 aliphatic rings. The van der Waals surface area contributed by atoms with Gasteiger partial charge in [0.05, 0.1) is 13.1 Å². The van der Waals surface area contributed by atoms with E-state index >= 15 is 0 Å². The molecule has 0 fully saturated rings. The number of hydrogen-bond acceptors (Lipinski definition) is 15. The quantitative estimate of drug-likeness (QED) is 0.0112. The molecule has 16 heteroatoms. The minimum Gasteiger partial charge on any atom is -0.458 e. The zero-order valence-corrected chi connectivity index (χ0v) is 30.0. The zero-order valence-electron chi connectivity index (χ0n) is 30.0. The number of hydroxylamine groups is 2. The first-order valence-corrected chi connectivity index (χ1v) is 17.1. The Bertz CT molecular complexity index is 1090. The second-order valence-electron chi connectivity index (χ2n) is 11.4. The number of amides is 1. The number of isocyanates is 2. The first-order chi connectivity index (χ1) is 24.1. The van der Waals surface area contributed by atoms with Gasteiger partial charge in [-0.05, 0) is 64.1 Å². The van der Waals surface area contributed by atoms with Crippen LogP contribution < -0.4 is 10.6 Å². The Balaban J connectivity index is 4.70. The molecule has 16 nitrogen and oxygen atoms in total. The molecular formula is C34H56N6O10. The van der Waals surface area contributed by atoms with Gasteiger partial charge in [-0.1, -0.05) is 58.6 Å². The summed E-state index contributed by atoms with van der Waals surface area (Å²) in [6, 6.07) is 0. The van der Waals surface area contributed by atoms with Gasteiger partial charge in [0.15, 0.2) is 12.3 Å². The molecule has 0 aromatic rings. The lowest BCUT2D eigenvalue weighted by atomic mass is 10.2. The lowest BCUT2D eigenvalue weighted by molar-refractivity contribution is -0.327. The highest BCUT2D eigenvalue weighted by Crippen LogP contribution is 2.08. The van der Waals surface area contributed by atoms with E-state index in [9.17, 15) is 24.0 Å². The zero-order chi connectivity index (χ0) is 37.2. The van der Waals surface area contributed by atoms with Crippen molar-refractivity contribution in [2.45, 2.75) is 110 Å². The van der Waals surface area contributed by atoms with Gasteiger partial charge in [0, 0.05) is 17.7 Å². The molecule has 0 saturated heterocycles. The fourth-order valence-corrected chi connectivity index (χ4v) is 3.94. The average Bonchev–Trinajstić information content (AvgIpc) is 3.08. The van der Waals surface area contributed by atoms with Gasteiger partial charge >= 0.3 is 18.0 Å². The Kier molecular flexibility index (Phi) is 29.3.